The second-order valence-electron chi connectivity index (χ2n) is 6.55. The van der Waals surface area contributed by atoms with E-state index in [0.717, 1.165) is 5.69 Å². The lowest BCUT2D eigenvalue weighted by Gasteiger charge is -2.16. The third-order valence-corrected chi connectivity index (χ3v) is 4.07. The maximum atomic E-state index is 12.1. The third-order valence-electron chi connectivity index (χ3n) is 3.82. The number of carbonyl (C=O) groups is 2. The Morgan fingerprint density at radius 3 is 1.73 bits per heavy atom. The Labute approximate surface area is 159 Å². The fourth-order valence-electron chi connectivity index (χ4n) is 2.43. The second kappa shape index (κ2) is 9.36. The van der Waals surface area contributed by atoms with Crippen molar-refractivity contribution in [3.05, 3.63) is 59.1 Å². The van der Waals surface area contributed by atoms with Gasteiger partial charge in [-0.1, -0.05) is 37.6 Å². The average Bonchev–Trinajstić information content (AvgIpc) is 2.57. The van der Waals surface area contributed by atoms with E-state index < -0.39 is 0 Å². The Balaban J connectivity index is 1.78. The average molecular weight is 374 g/mol. The maximum absolute atomic E-state index is 12.1. The van der Waals surface area contributed by atoms with Crippen molar-refractivity contribution in [3.63, 3.8) is 0 Å². The molecule has 0 bridgehead atoms. The van der Waals surface area contributed by atoms with Crippen LogP contribution in [0.5, 0.6) is 0 Å². The minimum absolute atomic E-state index is 0.113. The van der Waals surface area contributed by atoms with Gasteiger partial charge in [0.1, 0.15) is 0 Å². The predicted molar refractivity (Wildman–Crippen MR) is 107 cm³/mol. The molecule has 2 N–H and O–H groups in total. The molecule has 0 saturated carbocycles. The van der Waals surface area contributed by atoms with E-state index >= 15 is 0 Å². The van der Waals surface area contributed by atoms with Gasteiger partial charge in [0.15, 0.2) is 0 Å². The summed E-state index contributed by atoms with van der Waals surface area (Å²) in [5.41, 5.74) is 2.64. The number of hydrogen-bond donors (Lipinski definition) is 2. The zero-order valence-corrected chi connectivity index (χ0v) is 16.0. The number of likely N-dealkylation sites (N-methyl/N-ethyl adjacent to an activating group) is 1. The van der Waals surface area contributed by atoms with Gasteiger partial charge in [-0.2, -0.15) is 0 Å². The summed E-state index contributed by atoms with van der Waals surface area (Å²) in [5, 5.41) is 6.22. The minimum Gasteiger partial charge on any atom is -0.325 e. The summed E-state index contributed by atoms with van der Waals surface area (Å²) in [5.74, 6) is 0.0954. The van der Waals surface area contributed by atoms with Crippen LogP contribution in [0.15, 0.2) is 48.5 Å². The van der Waals surface area contributed by atoms with Gasteiger partial charge in [0.25, 0.3) is 0 Å². The van der Waals surface area contributed by atoms with Crippen LogP contribution in [0.2, 0.25) is 5.02 Å². The van der Waals surface area contributed by atoms with Gasteiger partial charge < -0.3 is 10.6 Å². The highest BCUT2D eigenvalue weighted by Crippen LogP contribution is 2.17. The van der Waals surface area contributed by atoms with Crippen LogP contribution >= 0.6 is 11.6 Å². The number of nitrogens with zero attached hydrogens (tertiary/aromatic N) is 1. The van der Waals surface area contributed by atoms with Gasteiger partial charge in [-0.15, -0.1) is 0 Å². The van der Waals surface area contributed by atoms with Crippen molar-refractivity contribution < 1.29 is 9.59 Å². The quantitative estimate of drug-likeness (QED) is 0.771. The van der Waals surface area contributed by atoms with Crippen molar-refractivity contribution in [3.8, 4) is 0 Å². The number of nitrogens with one attached hydrogen (secondary N) is 2. The molecule has 0 atom stereocenters. The molecule has 26 heavy (non-hydrogen) atoms. The summed E-state index contributed by atoms with van der Waals surface area (Å²) in [4.78, 5) is 25.8. The van der Waals surface area contributed by atoms with Crippen LogP contribution in [-0.4, -0.2) is 36.9 Å². The van der Waals surface area contributed by atoms with Crippen molar-refractivity contribution in [2.75, 3.05) is 30.8 Å². The molecular weight excluding hydrogens is 350 g/mol. The molecule has 0 aromatic heterocycles. The molecule has 6 heteroatoms. The predicted octanol–water partition coefficient (Wildman–Crippen LogP) is 3.97. The van der Waals surface area contributed by atoms with E-state index in [9.17, 15) is 9.59 Å². The van der Waals surface area contributed by atoms with Crippen LogP contribution in [-0.2, 0) is 9.59 Å². The monoisotopic (exact) mass is 373 g/mol. The molecule has 138 valence electrons. The highest BCUT2D eigenvalue weighted by Gasteiger charge is 2.11. The molecule has 5 nitrogen and oxygen atoms in total. The van der Waals surface area contributed by atoms with E-state index in [4.69, 9.17) is 11.6 Å². The summed E-state index contributed by atoms with van der Waals surface area (Å²) in [6.45, 7) is 4.48. The van der Waals surface area contributed by atoms with Gasteiger partial charge in [0.05, 0.1) is 13.1 Å². The highest BCUT2D eigenvalue weighted by atomic mass is 35.5. The van der Waals surface area contributed by atoms with Gasteiger partial charge >= 0.3 is 0 Å². The lowest BCUT2D eigenvalue weighted by atomic mass is 10.0. The zero-order chi connectivity index (χ0) is 19.1. The molecule has 0 spiro atoms. The van der Waals surface area contributed by atoms with Gasteiger partial charge in [-0.05, 0) is 54.9 Å². The van der Waals surface area contributed by atoms with Crippen LogP contribution in [0, 0.1) is 0 Å². The minimum atomic E-state index is -0.191. The molecule has 0 aliphatic heterocycles. The van der Waals surface area contributed by atoms with E-state index in [1.54, 1.807) is 36.2 Å². The number of amides is 2. The van der Waals surface area contributed by atoms with Gasteiger partial charge in [-0.3, -0.25) is 14.5 Å². The molecule has 2 aromatic rings. The smallest absolute Gasteiger partial charge is 0.238 e. The number of carbonyl (C=O) groups excluding carboxylic acids is 2. The van der Waals surface area contributed by atoms with Crippen LogP contribution in [0.4, 0.5) is 11.4 Å². The van der Waals surface area contributed by atoms with Crippen molar-refractivity contribution in [2.45, 2.75) is 19.8 Å². The first-order valence-electron chi connectivity index (χ1n) is 8.47. The van der Waals surface area contributed by atoms with Crippen molar-refractivity contribution in [1.29, 1.82) is 0 Å². The van der Waals surface area contributed by atoms with Crippen LogP contribution in [0.1, 0.15) is 25.3 Å². The largest absolute Gasteiger partial charge is 0.325 e. The topological polar surface area (TPSA) is 61.4 Å². The SMILES string of the molecule is CC(C)c1ccc(NC(=O)CN(C)CC(=O)Nc2ccc(Cl)cc2)cc1. The molecule has 0 aliphatic rings. The Bertz CT molecular complexity index is 743. The second-order valence-corrected chi connectivity index (χ2v) is 6.99. The Kier molecular flexibility index (Phi) is 7.18. The van der Waals surface area contributed by atoms with Crippen molar-refractivity contribution >= 4 is 34.8 Å². The number of halogens is 1. The Morgan fingerprint density at radius 2 is 1.31 bits per heavy atom. The molecule has 2 rings (SSSR count). The van der Waals surface area contributed by atoms with Gasteiger partial charge in [0.2, 0.25) is 11.8 Å². The first-order valence-corrected chi connectivity index (χ1v) is 8.85. The molecule has 0 radical (unpaired) electrons. The fourth-order valence-corrected chi connectivity index (χ4v) is 2.56. The van der Waals surface area contributed by atoms with E-state index in [0.29, 0.717) is 16.6 Å². The molecule has 0 saturated heterocycles. The van der Waals surface area contributed by atoms with Crippen molar-refractivity contribution in [2.24, 2.45) is 0 Å². The summed E-state index contributed by atoms with van der Waals surface area (Å²) >= 11 is 5.81. The van der Waals surface area contributed by atoms with Gasteiger partial charge in [-0.25, -0.2) is 0 Å². The number of benzene rings is 2. The zero-order valence-electron chi connectivity index (χ0n) is 15.3. The highest BCUT2D eigenvalue weighted by molar-refractivity contribution is 6.30. The lowest BCUT2D eigenvalue weighted by molar-refractivity contribution is -0.119. The molecule has 0 heterocycles. The van der Waals surface area contributed by atoms with E-state index in [1.165, 1.54) is 5.56 Å². The summed E-state index contributed by atoms with van der Waals surface area (Å²) in [6, 6.07) is 14.7. The first kappa shape index (κ1) is 19.9. The molecule has 0 unspecified atom stereocenters. The Morgan fingerprint density at radius 1 is 0.885 bits per heavy atom. The van der Waals surface area contributed by atoms with Crippen LogP contribution in [0.3, 0.4) is 0 Å². The summed E-state index contributed by atoms with van der Waals surface area (Å²) in [7, 11) is 1.73. The molecule has 0 aliphatic carbocycles. The van der Waals surface area contributed by atoms with E-state index in [-0.39, 0.29) is 24.9 Å². The normalized spacial score (nSPS) is 10.8. The van der Waals surface area contributed by atoms with E-state index in [2.05, 4.69) is 24.5 Å². The number of hydrogen-bond acceptors (Lipinski definition) is 3. The number of anilines is 2. The maximum Gasteiger partial charge on any atom is 0.238 e. The standard InChI is InChI=1S/C20H24ClN3O2/c1-14(2)15-4-8-17(9-5-15)22-19(25)12-24(3)13-20(26)23-18-10-6-16(21)7-11-18/h4-11,14H,12-13H2,1-3H3,(H,22,25)(H,23,26). The number of rotatable bonds is 7. The molecule has 2 amide bonds. The Hall–Kier alpha value is -2.37. The van der Waals surface area contributed by atoms with Crippen LogP contribution < -0.4 is 10.6 Å². The summed E-state index contributed by atoms with van der Waals surface area (Å²) in [6.07, 6.45) is 0. The fraction of sp³-hybridized carbons (Fsp3) is 0.300. The molecule has 2 aromatic carbocycles. The van der Waals surface area contributed by atoms with Gasteiger partial charge in [0, 0.05) is 16.4 Å². The van der Waals surface area contributed by atoms with Crippen molar-refractivity contribution in [1.82, 2.24) is 4.90 Å². The summed E-state index contributed by atoms with van der Waals surface area (Å²) < 4.78 is 0. The lowest BCUT2D eigenvalue weighted by Crippen LogP contribution is -2.36. The first-order chi connectivity index (χ1) is 12.3. The third kappa shape index (κ3) is 6.50. The molecular formula is C20H24ClN3O2. The van der Waals surface area contributed by atoms with E-state index in [1.807, 2.05) is 24.3 Å². The van der Waals surface area contributed by atoms with Crippen LogP contribution in [0.25, 0.3) is 0 Å². The molecule has 0 fully saturated rings.